The van der Waals surface area contributed by atoms with Gasteiger partial charge in [0, 0.05) is 6.07 Å². The Bertz CT molecular complexity index is 452. The third kappa shape index (κ3) is 2.47. The van der Waals surface area contributed by atoms with Crippen molar-refractivity contribution in [2.45, 2.75) is 0 Å². The molecule has 0 saturated carbocycles. The van der Waals surface area contributed by atoms with Crippen molar-refractivity contribution in [1.82, 2.24) is 0 Å². The molecule has 0 aliphatic carbocycles. The first kappa shape index (κ1) is 12.8. The van der Waals surface area contributed by atoms with E-state index in [2.05, 4.69) is 9.47 Å². The molecule has 0 spiro atoms. The van der Waals surface area contributed by atoms with Gasteiger partial charge >= 0.3 is 11.9 Å². The van der Waals surface area contributed by atoms with Crippen molar-refractivity contribution >= 4 is 11.9 Å². The van der Waals surface area contributed by atoms with Crippen LogP contribution in [0.15, 0.2) is 12.1 Å². The molecule has 0 aromatic heterocycles. The van der Waals surface area contributed by atoms with Crippen LogP contribution in [0.5, 0.6) is 11.5 Å². The summed E-state index contributed by atoms with van der Waals surface area (Å²) in [7, 11) is 3.70. The molecule has 6 nitrogen and oxygen atoms in total. The number of hydrogen-bond acceptors (Lipinski definition) is 6. The molecule has 1 N–H and O–H groups in total. The maximum Gasteiger partial charge on any atom is 0.341 e. The van der Waals surface area contributed by atoms with Crippen LogP contribution in [-0.2, 0) is 9.47 Å². The van der Waals surface area contributed by atoms with E-state index in [1.54, 1.807) is 0 Å². The zero-order valence-electron chi connectivity index (χ0n) is 9.64. The summed E-state index contributed by atoms with van der Waals surface area (Å²) in [6.45, 7) is 0. The smallest absolute Gasteiger partial charge is 0.341 e. The molecule has 0 radical (unpaired) electrons. The first-order chi connectivity index (χ1) is 8.04. The Kier molecular flexibility index (Phi) is 3.92. The maximum atomic E-state index is 11.4. The van der Waals surface area contributed by atoms with Crippen LogP contribution in [0.3, 0.4) is 0 Å². The highest BCUT2D eigenvalue weighted by Crippen LogP contribution is 2.29. The van der Waals surface area contributed by atoms with Crippen molar-refractivity contribution < 1.29 is 28.9 Å². The number of benzene rings is 1. The third-order valence-electron chi connectivity index (χ3n) is 2.13. The molecule has 0 amide bonds. The van der Waals surface area contributed by atoms with E-state index in [4.69, 9.17) is 4.74 Å². The number of phenolic OH excluding ortho intramolecular Hbond substituents is 1. The second-order valence-electron chi connectivity index (χ2n) is 3.05. The second kappa shape index (κ2) is 5.20. The minimum absolute atomic E-state index is 0.0354. The predicted octanol–water partition coefficient (Wildman–Crippen LogP) is 0.974. The summed E-state index contributed by atoms with van der Waals surface area (Å²) in [6.07, 6.45) is 0. The zero-order chi connectivity index (χ0) is 13.0. The molecular formula is C11H12O6. The first-order valence-corrected chi connectivity index (χ1v) is 4.62. The van der Waals surface area contributed by atoms with Gasteiger partial charge in [-0.05, 0) is 6.07 Å². The standard InChI is InChI=1S/C11H12O6/c1-15-9-5-8(12)6(10(13)16-2)4-7(9)11(14)17-3/h4-5,12H,1-3H3. The normalized spacial score (nSPS) is 9.59. The van der Waals surface area contributed by atoms with E-state index in [0.29, 0.717) is 0 Å². The highest BCUT2D eigenvalue weighted by Gasteiger charge is 2.20. The van der Waals surface area contributed by atoms with Crippen molar-refractivity contribution in [2.75, 3.05) is 21.3 Å². The van der Waals surface area contributed by atoms with E-state index in [1.165, 1.54) is 21.3 Å². The average Bonchev–Trinajstić information content (AvgIpc) is 2.36. The molecule has 0 bridgehead atoms. The Balaban J connectivity index is 3.37. The van der Waals surface area contributed by atoms with Gasteiger partial charge in [0.05, 0.1) is 21.3 Å². The van der Waals surface area contributed by atoms with Crippen LogP contribution < -0.4 is 4.74 Å². The van der Waals surface area contributed by atoms with Gasteiger partial charge in [0.25, 0.3) is 0 Å². The predicted molar refractivity (Wildman–Crippen MR) is 57.3 cm³/mol. The number of hydrogen-bond donors (Lipinski definition) is 1. The van der Waals surface area contributed by atoms with Crippen molar-refractivity contribution in [1.29, 1.82) is 0 Å². The van der Waals surface area contributed by atoms with Gasteiger partial charge in [0.15, 0.2) is 0 Å². The van der Waals surface area contributed by atoms with E-state index in [-0.39, 0.29) is 22.6 Å². The molecular weight excluding hydrogens is 228 g/mol. The molecule has 1 rings (SSSR count). The highest BCUT2D eigenvalue weighted by molar-refractivity contribution is 5.99. The number of aromatic hydroxyl groups is 1. The molecule has 0 saturated heterocycles. The number of phenols is 1. The van der Waals surface area contributed by atoms with Crippen molar-refractivity contribution in [3.63, 3.8) is 0 Å². The van der Waals surface area contributed by atoms with Gasteiger partial charge in [-0.3, -0.25) is 0 Å². The molecule has 1 aromatic rings. The summed E-state index contributed by atoms with van der Waals surface area (Å²) < 4.78 is 13.9. The average molecular weight is 240 g/mol. The van der Waals surface area contributed by atoms with Gasteiger partial charge in [0.2, 0.25) is 0 Å². The number of methoxy groups -OCH3 is 3. The highest BCUT2D eigenvalue weighted by atomic mass is 16.5. The monoisotopic (exact) mass is 240 g/mol. The molecule has 0 unspecified atom stereocenters. The summed E-state index contributed by atoms with van der Waals surface area (Å²) in [5.74, 6) is -1.65. The Labute approximate surface area is 97.7 Å². The quantitative estimate of drug-likeness (QED) is 0.793. The lowest BCUT2D eigenvalue weighted by atomic mass is 10.1. The van der Waals surface area contributed by atoms with E-state index in [9.17, 15) is 14.7 Å². The van der Waals surface area contributed by atoms with Gasteiger partial charge in [0.1, 0.15) is 22.6 Å². The molecule has 0 aliphatic heterocycles. The fourth-order valence-corrected chi connectivity index (χ4v) is 1.28. The van der Waals surface area contributed by atoms with Crippen molar-refractivity contribution in [2.24, 2.45) is 0 Å². The molecule has 17 heavy (non-hydrogen) atoms. The van der Waals surface area contributed by atoms with Crippen molar-refractivity contribution in [3.8, 4) is 11.5 Å². The second-order valence-corrected chi connectivity index (χ2v) is 3.05. The Morgan fingerprint density at radius 2 is 1.53 bits per heavy atom. The number of esters is 2. The molecule has 0 fully saturated rings. The molecule has 0 heterocycles. The van der Waals surface area contributed by atoms with Gasteiger partial charge in [-0.1, -0.05) is 0 Å². The summed E-state index contributed by atoms with van der Waals surface area (Å²) in [4.78, 5) is 22.8. The summed E-state index contributed by atoms with van der Waals surface area (Å²) in [5.41, 5.74) is -0.0955. The lowest BCUT2D eigenvalue weighted by Crippen LogP contribution is -2.08. The number of carbonyl (C=O) groups excluding carboxylic acids is 2. The van der Waals surface area contributed by atoms with E-state index < -0.39 is 11.9 Å². The van der Waals surface area contributed by atoms with Gasteiger partial charge in [-0.15, -0.1) is 0 Å². The maximum absolute atomic E-state index is 11.4. The number of ether oxygens (including phenoxy) is 3. The molecule has 0 atom stereocenters. The Morgan fingerprint density at radius 3 is 2.00 bits per heavy atom. The van der Waals surface area contributed by atoms with Crippen LogP contribution in [0.4, 0.5) is 0 Å². The van der Waals surface area contributed by atoms with E-state index in [1.807, 2.05) is 0 Å². The van der Waals surface area contributed by atoms with Crippen LogP contribution in [0.1, 0.15) is 20.7 Å². The summed E-state index contributed by atoms with van der Waals surface area (Å²) in [6, 6.07) is 2.31. The first-order valence-electron chi connectivity index (χ1n) is 4.62. The van der Waals surface area contributed by atoms with Crippen LogP contribution in [0.25, 0.3) is 0 Å². The van der Waals surface area contributed by atoms with E-state index in [0.717, 1.165) is 12.1 Å². The number of carbonyl (C=O) groups is 2. The molecule has 92 valence electrons. The molecule has 6 heteroatoms. The van der Waals surface area contributed by atoms with Crippen LogP contribution >= 0.6 is 0 Å². The van der Waals surface area contributed by atoms with Crippen molar-refractivity contribution in [3.05, 3.63) is 23.3 Å². The number of rotatable bonds is 3. The van der Waals surface area contributed by atoms with Crippen LogP contribution in [0.2, 0.25) is 0 Å². The lowest BCUT2D eigenvalue weighted by Gasteiger charge is -2.10. The summed E-state index contributed by atoms with van der Waals surface area (Å²) >= 11 is 0. The minimum atomic E-state index is -0.754. The summed E-state index contributed by atoms with van der Waals surface area (Å²) in [5, 5.41) is 9.57. The van der Waals surface area contributed by atoms with E-state index >= 15 is 0 Å². The van der Waals surface area contributed by atoms with Crippen LogP contribution in [0, 0.1) is 0 Å². The zero-order valence-corrected chi connectivity index (χ0v) is 9.64. The fraction of sp³-hybridized carbons (Fsp3) is 0.273. The van der Waals surface area contributed by atoms with Gasteiger partial charge in [-0.25, -0.2) is 9.59 Å². The fourth-order valence-electron chi connectivity index (χ4n) is 1.28. The van der Waals surface area contributed by atoms with Crippen LogP contribution in [-0.4, -0.2) is 38.4 Å². The van der Waals surface area contributed by atoms with Gasteiger partial charge < -0.3 is 19.3 Å². The lowest BCUT2D eigenvalue weighted by molar-refractivity contribution is 0.0595. The Hall–Kier alpha value is -2.24. The largest absolute Gasteiger partial charge is 0.507 e. The molecule has 1 aromatic carbocycles. The third-order valence-corrected chi connectivity index (χ3v) is 2.13. The van der Waals surface area contributed by atoms with Gasteiger partial charge in [-0.2, -0.15) is 0 Å². The SMILES string of the molecule is COC(=O)c1cc(C(=O)OC)c(OC)cc1O. The minimum Gasteiger partial charge on any atom is -0.507 e. The topological polar surface area (TPSA) is 82.1 Å². The Morgan fingerprint density at radius 1 is 1.00 bits per heavy atom. The molecule has 0 aliphatic rings.